The average molecular weight is 299 g/mol. The number of thioether (sulfide) groups is 1. The average Bonchev–Trinajstić information content (AvgIpc) is 2.04. The molecule has 1 rings (SSSR count). The van der Waals surface area contributed by atoms with Crippen LogP contribution in [0.5, 0.6) is 0 Å². The Hall–Kier alpha value is 0.590. The Balaban J connectivity index is 2.99. The van der Waals surface area contributed by atoms with Gasteiger partial charge in [-0.25, -0.2) is 0 Å². The molecule has 1 aromatic carbocycles. The molecule has 0 aliphatic rings. The fourth-order valence-corrected chi connectivity index (χ4v) is 2.16. The fourth-order valence-electron chi connectivity index (χ4n) is 0.793. The van der Waals surface area contributed by atoms with Crippen molar-refractivity contribution in [1.82, 2.24) is 0 Å². The lowest BCUT2D eigenvalue weighted by Crippen LogP contribution is -1.78. The molecule has 3 heteroatoms. The summed E-state index contributed by atoms with van der Waals surface area (Å²) in [7, 11) is 0. The second kappa shape index (κ2) is 4.58. The first kappa shape index (κ1) is 9.68. The van der Waals surface area contributed by atoms with Crippen LogP contribution in [0.2, 0.25) is 5.02 Å². The van der Waals surface area contributed by atoms with Gasteiger partial charge in [0.2, 0.25) is 0 Å². The Morgan fingerprint density at radius 1 is 1.55 bits per heavy atom. The van der Waals surface area contributed by atoms with E-state index in [1.54, 1.807) is 11.8 Å². The third-order valence-corrected chi connectivity index (χ3v) is 3.47. The first-order valence-electron chi connectivity index (χ1n) is 3.16. The normalized spacial score (nSPS) is 10.1. The van der Waals surface area contributed by atoms with E-state index in [-0.39, 0.29) is 0 Å². The molecule has 0 aromatic heterocycles. The summed E-state index contributed by atoms with van der Waals surface area (Å²) in [4.78, 5) is 1.15. The minimum absolute atomic E-state index is 0.867. The van der Waals surface area contributed by atoms with Crippen molar-refractivity contribution in [3.8, 4) is 0 Å². The lowest BCUT2D eigenvalue weighted by atomic mass is 10.2. The van der Waals surface area contributed by atoms with Crippen LogP contribution in [0.3, 0.4) is 0 Å². The van der Waals surface area contributed by atoms with Gasteiger partial charge in [0.15, 0.2) is 0 Å². The first-order chi connectivity index (χ1) is 5.27. The zero-order valence-electron chi connectivity index (χ0n) is 6.10. The third-order valence-electron chi connectivity index (χ3n) is 1.37. The summed E-state index contributed by atoms with van der Waals surface area (Å²) < 4.78 is 1.02. The molecule has 0 saturated carbocycles. The summed E-state index contributed by atoms with van der Waals surface area (Å²) in [6, 6.07) is 6.21. The van der Waals surface area contributed by atoms with E-state index in [0.29, 0.717) is 0 Å². The SMILES string of the molecule is CSc1ccc(CI)cc1Cl. The Morgan fingerprint density at radius 2 is 2.27 bits per heavy atom. The van der Waals surface area contributed by atoms with Crippen LogP contribution >= 0.6 is 46.0 Å². The number of halogens is 2. The summed E-state index contributed by atoms with van der Waals surface area (Å²) in [5.74, 6) is 0. The van der Waals surface area contributed by atoms with E-state index < -0.39 is 0 Å². The predicted molar refractivity (Wildman–Crippen MR) is 61.0 cm³/mol. The molecule has 0 aliphatic carbocycles. The van der Waals surface area contributed by atoms with Crippen LogP contribution in [-0.4, -0.2) is 6.26 Å². The predicted octanol–water partition coefficient (Wildman–Crippen LogP) is 4.00. The zero-order valence-corrected chi connectivity index (χ0v) is 9.83. The largest absolute Gasteiger partial charge is 0.128 e. The third kappa shape index (κ3) is 2.53. The second-order valence-electron chi connectivity index (χ2n) is 2.10. The number of alkyl halides is 1. The van der Waals surface area contributed by atoms with E-state index >= 15 is 0 Å². The molecule has 60 valence electrons. The highest BCUT2D eigenvalue weighted by atomic mass is 127. The summed E-state index contributed by atoms with van der Waals surface area (Å²) in [5.41, 5.74) is 1.29. The van der Waals surface area contributed by atoms with Crippen LogP contribution in [0.25, 0.3) is 0 Å². The van der Waals surface area contributed by atoms with Gasteiger partial charge in [-0.1, -0.05) is 40.3 Å². The first-order valence-corrected chi connectivity index (χ1v) is 6.29. The van der Waals surface area contributed by atoms with Crippen molar-refractivity contribution in [2.75, 3.05) is 6.26 Å². The zero-order chi connectivity index (χ0) is 8.27. The van der Waals surface area contributed by atoms with Crippen LogP contribution in [0.1, 0.15) is 5.56 Å². The molecule has 0 N–H and O–H groups in total. The van der Waals surface area contributed by atoms with Gasteiger partial charge in [-0.3, -0.25) is 0 Å². The van der Waals surface area contributed by atoms with Crippen molar-refractivity contribution in [2.45, 2.75) is 9.32 Å². The van der Waals surface area contributed by atoms with Gasteiger partial charge in [0, 0.05) is 9.32 Å². The van der Waals surface area contributed by atoms with E-state index in [0.717, 1.165) is 14.3 Å². The topological polar surface area (TPSA) is 0 Å². The monoisotopic (exact) mass is 298 g/mol. The maximum absolute atomic E-state index is 5.98. The highest BCUT2D eigenvalue weighted by Crippen LogP contribution is 2.26. The molecule has 1 aromatic rings. The minimum atomic E-state index is 0.867. The van der Waals surface area contributed by atoms with Gasteiger partial charge in [-0.05, 0) is 24.0 Å². The van der Waals surface area contributed by atoms with Crippen LogP contribution in [0, 0.1) is 0 Å². The summed E-state index contributed by atoms with van der Waals surface area (Å²) in [5, 5.41) is 0.867. The maximum atomic E-state index is 5.98. The van der Waals surface area contributed by atoms with Gasteiger partial charge >= 0.3 is 0 Å². The summed E-state index contributed by atoms with van der Waals surface area (Å²) in [6.07, 6.45) is 2.03. The molecule has 0 fully saturated rings. The molecule has 0 amide bonds. The van der Waals surface area contributed by atoms with Gasteiger partial charge in [0.1, 0.15) is 0 Å². The fraction of sp³-hybridized carbons (Fsp3) is 0.250. The molecular formula is C8H8ClIS. The minimum Gasteiger partial charge on any atom is -0.128 e. The Labute approximate surface area is 89.8 Å². The van der Waals surface area contributed by atoms with Crippen molar-refractivity contribution in [2.24, 2.45) is 0 Å². The van der Waals surface area contributed by atoms with Crippen molar-refractivity contribution < 1.29 is 0 Å². The molecule has 0 atom stereocenters. The van der Waals surface area contributed by atoms with Crippen LogP contribution in [0.15, 0.2) is 23.1 Å². The van der Waals surface area contributed by atoms with E-state index in [2.05, 4.69) is 34.7 Å². The number of benzene rings is 1. The highest BCUT2D eigenvalue weighted by molar-refractivity contribution is 14.1. The van der Waals surface area contributed by atoms with Crippen molar-refractivity contribution in [1.29, 1.82) is 0 Å². The van der Waals surface area contributed by atoms with Crippen LogP contribution < -0.4 is 0 Å². The second-order valence-corrected chi connectivity index (χ2v) is 4.12. The molecule has 0 spiro atoms. The molecule has 0 bridgehead atoms. The summed E-state index contributed by atoms with van der Waals surface area (Å²) in [6.45, 7) is 0. The molecule has 0 radical (unpaired) electrons. The van der Waals surface area contributed by atoms with Crippen molar-refractivity contribution in [3.05, 3.63) is 28.8 Å². The van der Waals surface area contributed by atoms with Gasteiger partial charge in [0.05, 0.1) is 5.02 Å². The molecule has 11 heavy (non-hydrogen) atoms. The Kier molecular flexibility index (Phi) is 4.02. The van der Waals surface area contributed by atoms with Gasteiger partial charge in [-0.2, -0.15) is 0 Å². The van der Waals surface area contributed by atoms with E-state index in [9.17, 15) is 0 Å². The standard InChI is InChI=1S/C8H8ClIS/c1-11-8-3-2-6(5-10)4-7(8)9/h2-4H,5H2,1H3. The molecule has 0 aliphatic heterocycles. The molecular weight excluding hydrogens is 291 g/mol. The highest BCUT2D eigenvalue weighted by Gasteiger charge is 1.98. The number of rotatable bonds is 2. The van der Waals surface area contributed by atoms with E-state index in [1.165, 1.54) is 5.56 Å². The Morgan fingerprint density at radius 3 is 2.73 bits per heavy atom. The molecule has 0 saturated heterocycles. The Bertz CT molecular complexity index is 250. The van der Waals surface area contributed by atoms with Gasteiger partial charge < -0.3 is 0 Å². The number of hydrogen-bond donors (Lipinski definition) is 0. The summed E-state index contributed by atoms with van der Waals surface area (Å²) >= 11 is 9.99. The van der Waals surface area contributed by atoms with Crippen LogP contribution in [-0.2, 0) is 4.43 Å². The van der Waals surface area contributed by atoms with Crippen molar-refractivity contribution >= 4 is 46.0 Å². The smallest absolute Gasteiger partial charge is 0.0544 e. The molecule has 0 unspecified atom stereocenters. The van der Waals surface area contributed by atoms with Crippen molar-refractivity contribution in [3.63, 3.8) is 0 Å². The van der Waals surface area contributed by atoms with E-state index in [1.807, 2.05) is 12.3 Å². The maximum Gasteiger partial charge on any atom is 0.0544 e. The van der Waals surface area contributed by atoms with E-state index in [4.69, 9.17) is 11.6 Å². The van der Waals surface area contributed by atoms with Gasteiger partial charge in [0.25, 0.3) is 0 Å². The van der Waals surface area contributed by atoms with Crippen LogP contribution in [0.4, 0.5) is 0 Å². The lowest BCUT2D eigenvalue weighted by Gasteiger charge is -2.01. The molecule has 0 heterocycles. The number of hydrogen-bond acceptors (Lipinski definition) is 1. The lowest BCUT2D eigenvalue weighted by molar-refractivity contribution is 1.37. The van der Waals surface area contributed by atoms with Gasteiger partial charge in [-0.15, -0.1) is 11.8 Å². The molecule has 0 nitrogen and oxygen atoms in total. The quantitative estimate of drug-likeness (QED) is 0.452.